The summed E-state index contributed by atoms with van der Waals surface area (Å²) in [5.41, 5.74) is 5.66. The predicted molar refractivity (Wildman–Crippen MR) is 60.2 cm³/mol. The largest absolute Gasteiger partial charge is 0.383 e. The summed E-state index contributed by atoms with van der Waals surface area (Å²) in [6.45, 7) is 4.93. The molecular weight excluding hydrogens is 192 g/mol. The highest BCUT2D eigenvalue weighted by Gasteiger charge is 2.21. The second-order valence-corrected chi connectivity index (χ2v) is 3.63. The summed E-state index contributed by atoms with van der Waals surface area (Å²) in [6, 6.07) is -0.495. The SMILES string of the molecule is C#CCC(N)C(=O)N(CCOC)C(C)C. The van der Waals surface area contributed by atoms with Gasteiger partial charge in [0.2, 0.25) is 5.91 Å². The van der Waals surface area contributed by atoms with Crippen molar-refractivity contribution in [3.8, 4) is 12.3 Å². The van der Waals surface area contributed by atoms with Crippen molar-refractivity contribution in [1.82, 2.24) is 4.90 Å². The Morgan fingerprint density at radius 1 is 1.60 bits per heavy atom. The van der Waals surface area contributed by atoms with Crippen LogP contribution in [0, 0.1) is 12.3 Å². The fourth-order valence-corrected chi connectivity index (χ4v) is 1.24. The van der Waals surface area contributed by atoms with Gasteiger partial charge >= 0.3 is 0 Å². The van der Waals surface area contributed by atoms with Gasteiger partial charge in [0.1, 0.15) is 0 Å². The summed E-state index contributed by atoms with van der Waals surface area (Å²) >= 11 is 0. The highest BCUT2D eigenvalue weighted by atomic mass is 16.5. The molecule has 0 aliphatic carbocycles. The summed E-state index contributed by atoms with van der Waals surface area (Å²) in [4.78, 5) is 13.5. The Hall–Kier alpha value is -1.05. The fourth-order valence-electron chi connectivity index (χ4n) is 1.24. The van der Waals surface area contributed by atoms with Crippen LogP contribution in [0.15, 0.2) is 0 Å². The average Bonchev–Trinajstić information content (AvgIpc) is 2.18. The first-order chi connectivity index (χ1) is 7.04. The molecule has 1 atom stereocenters. The monoisotopic (exact) mass is 212 g/mol. The summed E-state index contributed by atoms with van der Waals surface area (Å²) in [6.07, 6.45) is 5.39. The molecule has 1 amide bonds. The van der Waals surface area contributed by atoms with Crippen molar-refractivity contribution in [3.63, 3.8) is 0 Å². The van der Waals surface area contributed by atoms with Crippen molar-refractivity contribution in [3.05, 3.63) is 0 Å². The van der Waals surface area contributed by atoms with Crippen LogP contribution in [-0.2, 0) is 9.53 Å². The Kier molecular flexibility index (Phi) is 6.76. The Bertz CT molecular complexity index is 233. The number of carbonyl (C=O) groups is 1. The number of carbonyl (C=O) groups excluding carboxylic acids is 1. The second kappa shape index (κ2) is 7.27. The third kappa shape index (κ3) is 4.82. The van der Waals surface area contributed by atoms with E-state index in [2.05, 4.69) is 5.92 Å². The molecular formula is C11H20N2O2. The maximum absolute atomic E-state index is 11.8. The average molecular weight is 212 g/mol. The van der Waals surface area contributed by atoms with Crippen molar-refractivity contribution < 1.29 is 9.53 Å². The number of hydrogen-bond acceptors (Lipinski definition) is 3. The number of nitrogens with two attached hydrogens (primary N) is 1. The molecule has 1 unspecified atom stereocenters. The first kappa shape index (κ1) is 13.9. The topological polar surface area (TPSA) is 55.6 Å². The minimum atomic E-state index is -0.603. The molecule has 0 bridgehead atoms. The van der Waals surface area contributed by atoms with Crippen molar-refractivity contribution >= 4 is 5.91 Å². The first-order valence-electron chi connectivity index (χ1n) is 5.03. The number of amides is 1. The van der Waals surface area contributed by atoms with Gasteiger partial charge in [0, 0.05) is 26.1 Å². The number of rotatable bonds is 6. The van der Waals surface area contributed by atoms with E-state index in [-0.39, 0.29) is 18.4 Å². The lowest BCUT2D eigenvalue weighted by Gasteiger charge is -2.28. The highest BCUT2D eigenvalue weighted by molar-refractivity contribution is 5.82. The molecule has 0 spiro atoms. The van der Waals surface area contributed by atoms with Gasteiger partial charge in [0.05, 0.1) is 12.6 Å². The predicted octanol–water partition coefficient (Wildman–Crippen LogP) is 0.220. The van der Waals surface area contributed by atoms with E-state index in [0.717, 1.165) is 0 Å². The van der Waals surface area contributed by atoms with E-state index in [4.69, 9.17) is 16.9 Å². The molecule has 2 N–H and O–H groups in total. The van der Waals surface area contributed by atoms with Crippen molar-refractivity contribution in [2.45, 2.75) is 32.4 Å². The van der Waals surface area contributed by atoms with Gasteiger partial charge in [0.25, 0.3) is 0 Å². The molecule has 0 radical (unpaired) electrons. The molecule has 0 aromatic rings. The van der Waals surface area contributed by atoms with Crippen molar-refractivity contribution in [2.75, 3.05) is 20.3 Å². The number of hydrogen-bond donors (Lipinski definition) is 1. The van der Waals surface area contributed by atoms with Gasteiger partial charge in [0.15, 0.2) is 0 Å². The van der Waals surface area contributed by atoms with Crippen LogP contribution in [0.5, 0.6) is 0 Å². The van der Waals surface area contributed by atoms with Gasteiger partial charge in [-0.3, -0.25) is 4.79 Å². The molecule has 0 aromatic carbocycles. The van der Waals surface area contributed by atoms with Gasteiger partial charge in [-0.25, -0.2) is 0 Å². The van der Waals surface area contributed by atoms with Crippen LogP contribution in [0.1, 0.15) is 20.3 Å². The summed E-state index contributed by atoms with van der Waals surface area (Å²) in [5, 5.41) is 0. The zero-order valence-corrected chi connectivity index (χ0v) is 9.69. The number of methoxy groups -OCH3 is 1. The standard InChI is InChI=1S/C11H20N2O2/c1-5-6-10(12)11(14)13(9(2)3)7-8-15-4/h1,9-10H,6-8,12H2,2-4H3. The van der Waals surface area contributed by atoms with Crippen LogP contribution < -0.4 is 5.73 Å². The molecule has 0 saturated carbocycles. The van der Waals surface area contributed by atoms with Crippen LogP contribution in [0.3, 0.4) is 0 Å². The van der Waals surface area contributed by atoms with Crippen LogP contribution in [0.4, 0.5) is 0 Å². The molecule has 0 aliphatic heterocycles. The van der Waals surface area contributed by atoms with Gasteiger partial charge in [-0.2, -0.15) is 0 Å². The Morgan fingerprint density at radius 3 is 2.60 bits per heavy atom. The maximum atomic E-state index is 11.8. The van der Waals surface area contributed by atoms with E-state index in [1.807, 2.05) is 13.8 Å². The minimum absolute atomic E-state index is 0.108. The zero-order chi connectivity index (χ0) is 11.8. The third-order valence-electron chi connectivity index (χ3n) is 2.10. The fraction of sp³-hybridized carbons (Fsp3) is 0.727. The quantitative estimate of drug-likeness (QED) is 0.641. The van der Waals surface area contributed by atoms with Gasteiger partial charge in [-0.15, -0.1) is 12.3 Å². The van der Waals surface area contributed by atoms with E-state index in [1.165, 1.54) is 0 Å². The minimum Gasteiger partial charge on any atom is -0.383 e. The van der Waals surface area contributed by atoms with Crippen LogP contribution in [-0.4, -0.2) is 43.2 Å². The molecule has 0 aliphatic rings. The molecule has 0 aromatic heterocycles. The summed E-state index contributed by atoms with van der Waals surface area (Å²) in [7, 11) is 1.60. The van der Waals surface area contributed by atoms with Crippen LogP contribution in [0.25, 0.3) is 0 Å². The van der Waals surface area contributed by atoms with Crippen molar-refractivity contribution in [2.24, 2.45) is 5.73 Å². The highest BCUT2D eigenvalue weighted by Crippen LogP contribution is 2.02. The molecule has 0 saturated heterocycles. The zero-order valence-electron chi connectivity index (χ0n) is 9.69. The maximum Gasteiger partial charge on any atom is 0.240 e. The lowest BCUT2D eigenvalue weighted by molar-refractivity contribution is -0.134. The molecule has 0 heterocycles. The van der Waals surface area contributed by atoms with Gasteiger partial charge in [-0.1, -0.05) is 0 Å². The Morgan fingerprint density at radius 2 is 2.20 bits per heavy atom. The Labute approximate surface area is 91.8 Å². The molecule has 4 heteroatoms. The van der Waals surface area contributed by atoms with Crippen LogP contribution >= 0.6 is 0 Å². The van der Waals surface area contributed by atoms with Crippen molar-refractivity contribution in [1.29, 1.82) is 0 Å². The molecule has 0 fully saturated rings. The van der Waals surface area contributed by atoms with Gasteiger partial charge < -0.3 is 15.4 Å². The summed E-state index contributed by atoms with van der Waals surface area (Å²) < 4.78 is 4.94. The summed E-state index contributed by atoms with van der Waals surface area (Å²) in [5.74, 6) is 2.28. The smallest absolute Gasteiger partial charge is 0.240 e. The van der Waals surface area contributed by atoms with E-state index < -0.39 is 6.04 Å². The molecule has 15 heavy (non-hydrogen) atoms. The number of nitrogens with zero attached hydrogens (tertiary/aromatic N) is 1. The van der Waals surface area contributed by atoms with E-state index in [0.29, 0.717) is 13.2 Å². The normalized spacial score (nSPS) is 12.3. The first-order valence-corrected chi connectivity index (χ1v) is 5.03. The van der Waals surface area contributed by atoms with Crippen LogP contribution in [0.2, 0.25) is 0 Å². The number of ether oxygens (including phenoxy) is 1. The third-order valence-corrected chi connectivity index (χ3v) is 2.10. The molecule has 0 rings (SSSR count). The lowest BCUT2D eigenvalue weighted by Crippen LogP contribution is -2.48. The van der Waals surface area contributed by atoms with E-state index in [1.54, 1.807) is 12.0 Å². The number of terminal acetylenes is 1. The molecule has 4 nitrogen and oxygen atoms in total. The molecule has 86 valence electrons. The van der Waals surface area contributed by atoms with E-state index in [9.17, 15) is 4.79 Å². The Balaban J connectivity index is 4.35. The lowest BCUT2D eigenvalue weighted by atomic mass is 10.1. The van der Waals surface area contributed by atoms with Gasteiger partial charge in [-0.05, 0) is 13.8 Å². The van der Waals surface area contributed by atoms with E-state index >= 15 is 0 Å². The second-order valence-electron chi connectivity index (χ2n) is 3.63.